The molecule has 1 saturated heterocycles. The second-order valence-corrected chi connectivity index (χ2v) is 8.28. The maximum Gasteiger partial charge on any atom is 0.251 e. The molecule has 0 bridgehead atoms. The molecule has 1 amide bonds. The average molecular weight is 340 g/mol. The third-order valence-corrected chi connectivity index (χ3v) is 5.70. The summed E-state index contributed by atoms with van der Waals surface area (Å²) in [5.41, 5.74) is 1.03. The number of benzene rings is 1. The van der Waals surface area contributed by atoms with Gasteiger partial charge in [0.15, 0.2) is 0 Å². The van der Waals surface area contributed by atoms with Crippen LogP contribution in [0.15, 0.2) is 24.3 Å². The first-order valence-electron chi connectivity index (χ1n) is 7.85. The van der Waals surface area contributed by atoms with Crippen molar-refractivity contribution in [3.8, 4) is 0 Å². The van der Waals surface area contributed by atoms with Gasteiger partial charge in [-0.2, -0.15) is 0 Å². The molecule has 6 nitrogen and oxygen atoms in total. The summed E-state index contributed by atoms with van der Waals surface area (Å²) < 4.78 is 25.2. The first-order valence-corrected chi connectivity index (χ1v) is 9.46. The Labute approximate surface area is 137 Å². The number of hydrogen-bond acceptors (Lipinski definition) is 4. The molecule has 7 heteroatoms. The highest BCUT2D eigenvalue weighted by atomic mass is 32.2. The molecule has 1 aliphatic heterocycles. The average Bonchev–Trinajstić information content (AvgIpc) is 2.85. The van der Waals surface area contributed by atoms with Crippen molar-refractivity contribution in [3.05, 3.63) is 29.8 Å². The van der Waals surface area contributed by atoms with Crippen LogP contribution in [0.3, 0.4) is 0 Å². The number of nitrogens with one attached hydrogen (secondary N) is 1. The smallest absolute Gasteiger partial charge is 0.251 e. The lowest BCUT2D eigenvalue weighted by molar-refractivity contribution is 0.0908. The van der Waals surface area contributed by atoms with E-state index in [0.717, 1.165) is 0 Å². The standard InChI is InChI=1S/C16H24N2O4S/c1-12(2)10-14(11-19)17-16(20)13-4-6-15(7-5-13)18-8-3-9-23(18,21)22/h4-7,12,14,19H,3,8-11H2,1-2H3,(H,17,20). The van der Waals surface area contributed by atoms with Gasteiger partial charge in [-0.3, -0.25) is 9.10 Å². The Morgan fingerprint density at radius 3 is 2.43 bits per heavy atom. The number of amides is 1. The van der Waals surface area contributed by atoms with E-state index < -0.39 is 10.0 Å². The van der Waals surface area contributed by atoms with Gasteiger partial charge in [0.1, 0.15) is 0 Å². The zero-order valence-corrected chi connectivity index (χ0v) is 14.3. The van der Waals surface area contributed by atoms with Gasteiger partial charge in [0, 0.05) is 12.1 Å². The Hall–Kier alpha value is -1.60. The lowest BCUT2D eigenvalue weighted by atomic mass is 10.0. The van der Waals surface area contributed by atoms with Gasteiger partial charge in [-0.25, -0.2) is 8.42 Å². The Morgan fingerprint density at radius 1 is 1.30 bits per heavy atom. The van der Waals surface area contributed by atoms with Crippen LogP contribution in [0.5, 0.6) is 0 Å². The van der Waals surface area contributed by atoms with Crippen LogP contribution in [0.4, 0.5) is 5.69 Å². The van der Waals surface area contributed by atoms with E-state index in [9.17, 15) is 18.3 Å². The van der Waals surface area contributed by atoms with Crippen LogP contribution < -0.4 is 9.62 Å². The fourth-order valence-electron chi connectivity index (χ4n) is 2.73. The summed E-state index contributed by atoms with van der Waals surface area (Å²) in [6.45, 7) is 4.43. The van der Waals surface area contributed by atoms with Gasteiger partial charge in [0.2, 0.25) is 10.0 Å². The SMILES string of the molecule is CC(C)CC(CO)NC(=O)c1ccc(N2CCCS2(=O)=O)cc1. The van der Waals surface area contributed by atoms with E-state index in [1.165, 1.54) is 4.31 Å². The summed E-state index contributed by atoms with van der Waals surface area (Å²) in [6, 6.07) is 6.24. The van der Waals surface area contributed by atoms with Gasteiger partial charge >= 0.3 is 0 Å². The molecule has 1 heterocycles. The highest BCUT2D eigenvalue weighted by Crippen LogP contribution is 2.24. The Kier molecular flexibility index (Phi) is 5.64. The highest BCUT2D eigenvalue weighted by molar-refractivity contribution is 7.93. The molecule has 0 aromatic heterocycles. The third kappa shape index (κ3) is 4.45. The molecule has 1 unspecified atom stereocenters. The number of aliphatic hydroxyl groups is 1. The maximum atomic E-state index is 12.2. The van der Waals surface area contributed by atoms with Gasteiger partial charge in [-0.05, 0) is 43.0 Å². The van der Waals surface area contributed by atoms with Crippen LogP contribution in [0.1, 0.15) is 37.0 Å². The predicted octanol–water partition coefficient (Wildman–Crippen LogP) is 1.36. The van der Waals surface area contributed by atoms with Gasteiger partial charge in [0.05, 0.1) is 24.1 Å². The molecule has 23 heavy (non-hydrogen) atoms. The quantitative estimate of drug-likeness (QED) is 0.819. The van der Waals surface area contributed by atoms with E-state index in [1.807, 2.05) is 13.8 Å². The topological polar surface area (TPSA) is 86.7 Å². The van der Waals surface area contributed by atoms with Gasteiger partial charge in [-0.1, -0.05) is 13.8 Å². The first kappa shape index (κ1) is 17.7. The molecule has 0 radical (unpaired) electrons. The van der Waals surface area contributed by atoms with Crippen molar-refractivity contribution in [1.82, 2.24) is 5.32 Å². The molecule has 0 spiro atoms. The van der Waals surface area contributed by atoms with Crippen LogP contribution in [0, 0.1) is 5.92 Å². The second-order valence-electron chi connectivity index (χ2n) is 6.27. The van der Waals surface area contributed by atoms with Crippen LogP contribution in [0.2, 0.25) is 0 Å². The maximum absolute atomic E-state index is 12.2. The molecular weight excluding hydrogens is 316 g/mol. The van der Waals surface area contributed by atoms with Crippen LogP contribution in [-0.2, 0) is 10.0 Å². The number of sulfonamides is 1. The van der Waals surface area contributed by atoms with Crippen LogP contribution >= 0.6 is 0 Å². The molecule has 0 saturated carbocycles. The van der Waals surface area contributed by atoms with E-state index in [4.69, 9.17) is 0 Å². The summed E-state index contributed by atoms with van der Waals surface area (Å²) in [5.74, 6) is 0.276. The molecule has 0 aliphatic carbocycles. The lowest BCUT2D eigenvalue weighted by Gasteiger charge is -2.19. The number of carbonyl (C=O) groups excluding carboxylic acids is 1. The molecule has 1 aliphatic rings. The van der Waals surface area contributed by atoms with Gasteiger partial charge in [0.25, 0.3) is 5.91 Å². The molecule has 2 rings (SSSR count). The molecule has 1 aromatic rings. The van der Waals surface area contributed by atoms with Crippen molar-refractivity contribution >= 4 is 21.6 Å². The zero-order chi connectivity index (χ0) is 17.0. The van der Waals surface area contributed by atoms with Crippen molar-refractivity contribution in [2.45, 2.75) is 32.7 Å². The largest absolute Gasteiger partial charge is 0.394 e. The van der Waals surface area contributed by atoms with Gasteiger partial charge in [-0.15, -0.1) is 0 Å². The fraction of sp³-hybridized carbons (Fsp3) is 0.562. The Morgan fingerprint density at radius 2 is 1.96 bits per heavy atom. The molecule has 1 aromatic carbocycles. The molecule has 2 N–H and O–H groups in total. The molecular formula is C16H24N2O4S. The first-order chi connectivity index (χ1) is 10.8. The Balaban J connectivity index is 2.05. The van der Waals surface area contributed by atoms with E-state index in [1.54, 1.807) is 24.3 Å². The number of anilines is 1. The lowest BCUT2D eigenvalue weighted by Crippen LogP contribution is -2.38. The van der Waals surface area contributed by atoms with Crippen molar-refractivity contribution in [3.63, 3.8) is 0 Å². The second kappa shape index (κ2) is 7.31. The van der Waals surface area contributed by atoms with Crippen LogP contribution in [0.25, 0.3) is 0 Å². The summed E-state index contributed by atoms with van der Waals surface area (Å²) in [5, 5.41) is 12.1. The molecule has 128 valence electrons. The summed E-state index contributed by atoms with van der Waals surface area (Å²) in [4.78, 5) is 12.2. The van der Waals surface area contributed by atoms with Crippen molar-refractivity contribution in [2.24, 2.45) is 5.92 Å². The number of nitrogens with zero attached hydrogens (tertiary/aromatic N) is 1. The molecule has 1 fully saturated rings. The monoisotopic (exact) mass is 340 g/mol. The number of carbonyl (C=O) groups is 1. The number of hydrogen-bond donors (Lipinski definition) is 2. The number of rotatable bonds is 6. The van der Waals surface area contributed by atoms with E-state index >= 15 is 0 Å². The van der Waals surface area contributed by atoms with Crippen molar-refractivity contribution < 1.29 is 18.3 Å². The third-order valence-electron chi connectivity index (χ3n) is 3.83. The molecule has 1 atom stereocenters. The fourth-order valence-corrected chi connectivity index (χ4v) is 4.29. The van der Waals surface area contributed by atoms with Crippen LogP contribution in [-0.4, -0.2) is 44.4 Å². The minimum absolute atomic E-state index is 0.103. The van der Waals surface area contributed by atoms with Crippen molar-refractivity contribution in [2.75, 3.05) is 23.2 Å². The highest BCUT2D eigenvalue weighted by Gasteiger charge is 2.28. The summed E-state index contributed by atoms with van der Waals surface area (Å²) >= 11 is 0. The summed E-state index contributed by atoms with van der Waals surface area (Å²) in [7, 11) is -3.21. The van der Waals surface area contributed by atoms with Gasteiger partial charge < -0.3 is 10.4 Å². The normalized spacial score (nSPS) is 18.2. The van der Waals surface area contributed by atoms with E-state index in [-0.39, 0.29) is 24.3 Å². The Bertz CT molecular complexity index is 641. The van der Waals surface area contributed by atoms with E-state index in [0.29, 0.717) is 36.6 Å². The zero-order valence-electron chi connectivity index (χ0n) is 13.5. The predicted molar refractivity (Wildman–Crippen MR) is 90.0 cm³/mol. The number of aliphatic hydroxyl groups excluding tert-OH is 1. The summed E-state index contributed by atoms with van der Waals surface area (Å²) in [6.07, 6.45) is 1.32. The van der Waals surface area contributed by atoms with E-state index in [2.05, 4.69) is 5.32 Å². The minimum atomic E-state index is -3.21. The van der Waals surface area contributed by atoms with Crippen molar-refractivity contribution in [1.29, 1.82) is 0 Å². The minimum Gasteiger partial charge on any atom is -0.394 e.